The number of allylic oxidation sites excluding steroid dienone is 1. The monoisotopic (exact) mass is 602 g/mol. The van der Waals surface area contributed by atoms with Crippen molar-refractivity contribution in [3.63, 3.8) is 0 Å². The summed E-state index contributed by atoms with van der Waals surface area (Å²) >= 11 is 1.27. The molecule has 9 heteroatoms. The molecular weight excluding hydrogens is 560 g/mol. The predicted molar refractivity (Wildman–Crippen MR) is 176 cm³/mol. The van der Waals surface area contributed by atoms with Gasteiger partial charge in [0.05, 0.1) is 17.8 Å². The molecule has 8 nitrogen and oxygen atoms in total. The van der Waals surface area contributed by atoms with E-state index in [1.165, 1.54) is 43.2 Å². The zero-order valence-corrected chi connectivity index (χ0v) is 26.3. The first-order valence-electron chi connectivity index (χ1n) is 14.7. The van der Waals surface area contributed by atoms with Crippen molar-refractivity contribution in [1.82, 2.24) is 10.3 Å². The molecule has 2 N–H and O–H groups in total. The molecule has 0 radical (unpaired) electrons. The molecule has 1 atom stereocenters. The lowest BCUT2D eigenvalue weighted by molar-refractivity contribution is -0.139. The van der Waals surface area contributed by atoms with Crippen LogP contribution in [0.15, 0.2) is 70.9 Å². The van der Waals surface area contributed by atoms with Gasteiger partial charge in [0.1, 0.15) is 16.7 Å². The van der Waals surface area contributed by atoms with Gasteiger partial charge in [0, 0.05) is 24.1 Å². The van der Waals surface area contributed by atoms with Crippen LogP contribution < -0.4 is 10.1 Å². The first-order chi connectivity index (χ1) is 20.7. The second kappa shape index (κ2) is 17.1. The number of ether oxygens (including phenoxy) is 1. The van der Waals surface area contributed by atoms with Crippen molar-refractivity contribution in [2.75, 3.05) is 6.61 Å². The number of rotatable bonds is 16. The lowest BCUT2D eigenvalue weighted by Gasteiger charge is -2.14. The van der Waals surface area contributed by atoms with E-state index < -0.39 is 17.9 Å². The minimum Gasteiger partial charge on any atom is -0.494 e. The molecule has 0 aliphatic rings. The number of amides is 1. The molecule has 0 aliphatic heterocycles. The highest BCUT2D eigenvalue weighted by Gasteiger charge is 2.23. The van der Waals surface area contributed by atoms with E-state index in [1.807, 2.05) is 57.2 Å². The number of carboxylic acids is 1. The number of carboxylic acid groups (broad SMARTS) is 1. The second-order valence-electron chi connectivity index (χ2n) is 10.7. The van der Waals surface area contributed by atoms with E-state index in [1.54, 1.807) is 18.3 Å². The number of carbonyl (C=O) groups is 2. The molecule has 0 unspecified atom stereocenters. The van der Waals surface area contributed by atoms with Crippen LogP contribution in [-0.4, -0.2) is 47.2 Å². The Kier molecular flexibility index (Phi) is 13.3. The summed E-state index contributed by atoms with van der Waals surface area (Å²) in [7, 11) is 0. The number of amidine groups is 1. The third-order valence-corrected chi connectivity index (χ3v) is 8.15. The molecule has 0 bridgehead atoms. The van der Waals surface area contributed by atoms with Crippen molar-refractivity contribution in [2.24, 2.45) is 9.98 Å². The number of aliphatic imine (C=N–C) groups is 2. The fourth-order valence-corrected chi connectivity index (χ4v) is 5.09. The van der Waals surface area contributed by atoms with Gasteiger partial charge < -0.3 is 15.2 Å². The molecule has 3 rings (SSSR count). The number of aliphatic carboxylic acids is 1. The van der Waals surface area contributed by atoms with Gasteiger partial charge in [-0.05, 0) is 48.9 Å². The molecule has 43 heavy (non-hydrogen) atoms. The Morgan fingerprint density at radius 1 is 1.05 bits per heavy atom. The van der Waals surface area contributed by atoms with E-state index in [2.05, 4.69) is 33.9 Å². The van der Waals surface area contributed by atoms with Gasteiger partial charge in [0.15, 0.2) is 5.84 Å². The minimum absolute atomic E-state index is 0.128. The Labute approximate surface area is 258 Å². The van der Waals surface area contributed by atoms with Gasteiger partial charge in [-0.15, -0.1) is 11.3 Å². The van der Waals surface area contributed by atoms with Gasteiger partial charge in [-0.25, -0.2) is 19.8 Å². The van der Waals surface area contributed by atoms with Crippen LogP contribution in [0.1, 0.15) is 97.1 Å². The minimum atomic E-state index is -1.11. The smallest absolute Gasteiger partial charge is 0.326 e. The second-order valence-corrected chi connectivity index (χ2v) is 11.8. The molecule has 228 valence electrons. The molecule has 1 amide bonds. The Bertz CT molecular complexity index is 1410. The predicted octanol–water partition coefficient (Wildman–Crippen LogP) is 7.55. The van der Waals surface area contributed by atoms with Crippen molar-refractivity contribution in [3.8, 4) is 5.75 Å². The van der Waals surface area contributed by atoms with Gasteiger partial charge in [0.25, 0.3) is 5.91 Å². The number of hydrogen-bond acceptors (Lipinski definition) is 6. The van der Waals surface area contributed by atoms with Gasteiger partial charge in [-0.3, -0.25) is 4.79 Å². The number of nitrogens with zero attached hydrogens (tertiary/aromatic N) is 3. The van der Waals surface area contributed by atoms with E-state index in [4.69, 9.17) is 4.74 Å². The fourth-order valence-electron chi connectivity index (χ4n) is 4.26. The van der Waals surface area contributed by atoms with E-state index >= 15 is 0 Å². The molecule has 0 spiro atoms. The lowest BCUT2D eigenvalue weighted by atomic mass is 10.0. The van der Waals surface area contributed by atoms with Crippen LogP contribution in [0.5, 0.6) is 5.75 Å². The van der Waals surface area contributed by atoms with Crippen LogP contribution in [-0.2, 0) is 11.2 Å². The SMILES string of the molecule is C=NC(=N/C=C(\C)c1ccc(OCCCCCCC)cc1)c1ccc(C[C@H](NC(=O)c2cnc(C(C)C)s2)C(=O)O)cc1. The maximum Gasteiger partial charge on any atom is 0.326 e. The summed E-state index contributed by atoms with van der Waals surface area (Å²) in [6, 6.07) is 14.1. The zero-order valence-electron chi connectivity index (χ0n) is 25.5. The third kappa shape index (κ3) is 10.6. The van der Waals surface area contributed by atoms with Gasteiger partial charge in [0.2, 0.25) is 0 Å². The maximum atomic E-state index is 12.6. The highest BCUT2D eigenvalue weighted by Crippen LogP contribution is 2.22. The van der Waals surface area contributed by atoms with Crippen molar-refractivity contribution >= 4 is 41.3 Å². The largest absolute Gasteiger partial charge is 0.494 e. The summed E-state index contributed by atoms with van der Waals surface area (Å²) in [5.74, 6) is -0.0513. The molecule has 0 aliphatic carbocycles. The Balaban J connectivity index is 1.60. The van der Waals surface area contributed by atoms with Crippen LogP contribution in [0.2, 0.25) is 0 Å². The molecular formula is C34H42N4O4S. The number of carbonyl (C=O) groups excluding carboxylic acids is 1. The van der Waals surface area contributed by atoms with Gasteiger partial charge in [-0.1, -0.05) is 82.9 Å². The summed E-state index contributed by atoms with van der Waals surface area (Å²) in [4.78, 5) is 37.8. The van der Waals surface area contributed by atoms with E-state index in [-0.39, 0.29) is 12.3 Å². The average molecular weight is 603 g/mol. The van der Waals surface area contributed by atoms with E-state index in [9.17, 15) is 14.7 Å². The van der Waals surface area contributed by atoms with E-state index in [0.717, 1.165) is 46.0 Å². The summed E-state index contributed by atoms with van der Waals surface area (Å²) in [5.41, 5.74) is 3.48. The Hall–Kier alpha value is -4.11. The number of nitrogens with one attached hydrogen (secondary N) is 1. The topological polar surface area (TPSA) is 113 Å². The zero-order chi connectivity index (χ0) is 31.2. The highest BCUT2D eigenvalue weighted by molar-refractivity contribution is 7.13. The number of benzene rings is 2. The van der Waals surface area contributed by atoms with Crippen molar-refractivity contribution < 1.29 is 19.4 Å². The van der Waals surface area contributed by atoms with Gasteiger partial charge >= 0.3 is 5.97 Å². The standard InChI is InChI=1S/C34H42N4O4S/c1-6-7-8-9-10-19-42-28-17-15-26(16-18-28)24(4)21-36-31(35-5)27-13-11-25(12-14-27)20-29(34(40)41)38-32(39)30-22-37-33(43-30)23(2)3/h11-18,21-23,29H,5-10,19-20H2,1-4H3,(H,38,39)(H,40,41)/b24-21+,36-31?/t29-/m0/s1. The summed E-state index contributed by atoms with van der Waals surface area (Å²) in [6.45, 7) is 12.6. The van der Waals surface area contributed by atoms with Gasteiger partial charge in [-0.2, -0.15) is 0 Å². The van der Waals surface area contributed by atoms with Crippen LogP contribution in [0.4, 0.5) is 0 Å². The quantitative estimate of drug-likeness (QED) is 0.0998. The maximum absolute atomic E-state index is 12.6. The molecule has 0 saturated carbocycles. The van der Waals surface area contributed by atoms with Crippen LogP contribution in [0.3, 0.4) is 0 Å². The highest BCUT2D eigenvalue weighted by atomic mass is 32.1. The number of thiazole rings is 1. The molecule has 1 aromatic heterocycles. The molecule has 0 saturated heterocycles. The Morgan fingerprint density at radius 3 is 2.33 bits per heavy atom. The fraction of sp³-hybridized carbons (Fsp3) is 0.382. The van der Waals surface area contributed by atoms with Crippen molar-refractivity contribution in [3.05, 3.63) is 87.5 Å². The number of aromatic nitrogens is 1. The first kappa shape index (κ1) is 33.4. The summed E-state index contributed by atoms with van der Waals surface area (Å²) in [6.07, 6.45) is 9.41. The third-order valence-electron chi connectivity index (χ3n) is 6.85. The van der Waals surface area contributed by atoms with Crippen LogP contribution in [0.25, 0.3) is 5.57 Å². The molecule has 2 aromatic carbocycles. The number of unbranched alkanes of at least 4 members (excludes halogenated alkanes) is 4. The first-order valence-corrected chi connectivity index (χ1v) is 15.6. The lowest BCUT2D eigenvalue weighted by Crippen LogP contribution is -2.42. The van der Waals surface area contributed by atoms with Crippen LogP contribution in [0, 0.1) is 0 Å². The molecule has 0 fully saturated rings. The normalized spacial score (nSPS) is 12.7. The van der Waals surface area contributed by atoms with E-state index in [0.29, 0.717) is 10.7 Å². The van der Waals surface area contributed by atoms with Crippen LogP contribution >= 0.6 is 11.3 Å². The molecule has 3 aromatic rings. The summed E-state index contributed by atoms with van der Waals surface area (Å²) < 4.78 is 5.86. The Morgan fingerprint density at radius 2 is 1.72 bits per heavy atom. The van der Waals surface area contributed by atoms with Crippen molar-refractivity contribution in [1.29, 1.82) is 0 Å². The average Bonchev–Trinajstić information content (AvgIpc) is 3.51. The number of hydrogen-bond donors (Lipinski definition) is 2. The van der Waals surface area contributed by atoms with Crippen molar-refractivity contribution in [2.45, 2.75) is 78.2 Å². The summed E-state index contributed by atoms with van der Waals surface area (Å²) in [5, 5.41) is 13.2. The molecule has 1 heterocycles.